The summed E-state index contributed by atoms with van der Waals surface area (Å²) < 4.78 is 14.0. The van der Waals surface area contributed by atoms with Gasteiger partial charge in [0, 0.05) is 87.5 Å². The van der Waals surface area contributed by atoms with Crippen molar-refractivity contribution in [1.29, 1.82) is 0 Å². The Bertz CT molecular complexity index is 2560. The number of fused-ring (bicyclic) bond motifs is 6. The van der Waals surface area contributed by atoms with Crippen LogP contribution in [-0.4, -0.2) is 143 Å². The Kier molecular flexibility index (Phi) is 15.4. The van der Waals surface area contributed by atoms with Crippen LogP contribution in [0.5, 0.6) is 5.75 Å². The molecule has 0 unspecified atom stereocenters. The molecule has 2 aromatic heterocycles. The molecule has 3 atom stereocenters. The number of carbonyl (C=O) groups excluding carboxylic acids is 5. The number of methoxy groups -OCH3 is 1. The number of ether oxygens (including phenoxy) is 2. The van der Waals surface area contributed by atoms with Gasteiger partial charge < -0.3 is 39.2 Å². The van der Waals surface area contributed by atoms with Crippen LogP contribution in [0.4, 0.5) is 0 Å². The third-order valence-electron chi connectivity index (χ3n) is 13.2. The van der Waals surface area contributed by atoms with Gasteiger partial charge in [0.15, 0.2) is 0 Å². The van der Waals surface area contributed by atoms with Crippen LogP contribution in [0.15, 0.2) is 66.9 Å². The summed E-state index contributed by atoms with van der Waals surface area (Å²) in [6, 6.07) is 12.5. The molecule has 3 aliphatic rings. The van der Waals surface area contributed by atoms with Crippen molar-refractivity contribution >= 4 is 40.5 Å². The highest BCUT2D eigenvalue weighted by atomic mass is 16.5. The molecule has 3 N–H and O–H groups in total. The number of nitrogens with one attached hydrogen (secondary N) is 2. The minimum Gasteiger partial charge on any atom is -0.508 e. The fraction of sp³-hybridized carbons (Fsp3) is 0.500. The van der Waals surface area contributed by atoms with Crippen molar-refractivity contribution in [3.8, 4) is 28.1 Å². The fourth-order valence-electron chi connectivity index (χ4n) is 9.81. The highest BCUT2D eigenvalue weighted by molar-refractivity contribution is 5.96. The summed E-state index contributed by atoms with van der Waals surface area (Å²) in [5, 5.41) is 16.7. The molecule has 0 spiro atoms. The average molecular weight is 933 g/mol. The number of hydrogen-bond donors (Lipinski definition) is 3. The first-order valence-corrected chi connectivity index (χ1v) is 23.7. The molecule has 0 saturated carbocycles. The summed E-state index contributed by atoms with van der Waals surface area (Å²) in [4.78, 5) is 79.5. The molecule has 6 bridgehead atoms. The lowest BCUT2D eigenvalue weighted by molar-refractivity contribution is -0.155. The van der Waals surface area contributed by atoms with Crippen LogP contribution in [0.2, 0.25) is 0 Å². The number of benzene rings is 2. The van der Waals surface area contributed by atoms with E-state index >= 15 is 0 Å². The van der Waals surface area contributed by atoms with Gasteiger partial charge in [-0.1, -0.05) is 45.9 Å². The number of aromatic hydroxyl groups is 1. The van der Waals surface area contributed by atoms with Crippen LogP contribution in [0, 0.1) is 17.3 Å². The monoisotopic (exact) mass is 933 g/mol. The van der Waals surface area contributed by atoms with Gasteiger partial charge in [-0.25, -0.2) is 5.43 Å². The molecule has 4 amide bonds. The number of cyclic esters (lactones) is 1. The number of nitrogens with zero attached hydrogens (tertiary/aromatic N) is 6. The third kappa shape index (κ3) is 10.9. The molecule has 2 fully saturated rings. The van der Waals surface area contributed by atoms with Crippen LogP contribution >= 0.6 is 0 Å². The Hall–Kier alpha value is -6.10. The summed E-state index contributed by atoms with van der Waals surface area (Å²) in [7, 11) is 7.06. The summed E-state index contributed by atoms with van der Waals surface area (Å²) in [5.41, 5.74) is 9.54. The first-order valence-electron chi connectivity index (χ1n) is 23.7. The molecular formula is C52H68N8O8. The molecule has 364 valence electrons. The molecule has 7 rings (SSSR count). The second-order valence-corrected chi connectivity index (χ2v) is 19.9. The van der Waals surface area contributed by atoms with Gasteiger partial charge in [0.1, 0.15) is 23.9 Å². The number of hydrogen-bond acceptors (Lipinski definition) is 11. The second-order valence-electron chi connectivity index (χ2n) is 19.9. The summed E-state index contributed by atoms with van der Waals surface area (Å²) in [6.45, 7) is 12.4. The van der Waals surface area contributed by atoms with E-state index in [0.29, 0.717) is 44.5 Å². The summed E-state index contributed by atoms with van der Waals surface area (Å²) >= 11 is 0. The van der Waals surface area contributed by atoms with Gasteiger partial charge in [-0.05, 0) is 105 Å². The smallest absolute Gasteiger partial charge is 0.324 e. The first-order chi connectivity index (χ1) is 32.4. The first kappa shape index (κ1) is 49.8. The highest BCUT2D eigenvalue weighted by Gasteiger charge is 2.42. The number of carbonyl (C=O) groups is 5. The van der Waals surface area contributed by atoms with E-state index in [1.807, 2.05) is 51.0 Å². The maximum absolute atomic E-state index is 14.7. The Morgan fingerprint density at radius 1 is 1.07 bits per heavy atom. The lowest BCUT2D eigenvalue weighted by Crippen LogP contribution is -2.63. The molecule has 4 aromatic rings. The van der Waals surface area contributed by atoms with Crippen molar-refractivity contribution in [1.82, 2.24) is 40.0 Å². The SMILES string of the molecule is CCn1c(-c2cccnc2COC)c2c3cc(ccc31)-c1cc(O)cc(c1)C[C@H](NC(=O)[C@H](C(C)C)N(C)C(=O)C1CN(C(=O)/C=C/CN(C)C)C1)C(=O)N1CCC[C@H](N1)C(=O)OCC(C)(C)C2. The third-order valence-corrected chi connectivity index (χ3v) is 13.2. The standard InChI is InChI=1S/C52H68N8O8/c1-10-59-44-18-17-34-26-39(44)40(47(59)38-14-11-19-53-43(38)30-67-9)27-52(4,5)31-68-51(66)41-15-12-21-60(55-41)50(65)42(24-33-22-35(34)25-37(61)23-33)54-48(63)46(32(2)3)57(8)49(64)36-28-58(29-36)45(62)16-13-20-56(6)7/h11,13-14,16-19,22-23,25-26,32,36,41-42,46,55,61H,10,12,15,20-21,24,27-31H2,1-9H3,(H,54,63)/b16-13+/t41-,42-,46-/m0/s1. The van der Waals surface area contributed by atoms with E-state index in [-0.39, 0.29) is 56.1 Å². The molecule has 16 heteroatoms. The number of amides is 4. The molecule has 0 aliphatic carbocycles. The number of phenols is 1. The molecule has 16 nitrogen and oxygen atoms in total. The molecule has 5 heterocycles. The van der Waals surface area contributed by atoms with E-state index in [9.17, 15) is 29.1 Å². The Morgan fingerprint density at radius 2 is 1.84 bits per heavy atom. The zero-order valence-corrected chi connectivity index (χ0v) is 41.0. The maximum Gasteiger partial charge on any atom is 0.324 e. The van der Waals surface area contributed by atoms with Crippen molar-refractivity contribution in [2.45, 2.75) is 91.6 Å². The van der Waals surface area contributed by atoms with E-state index < -0.39 is 47.2 Å². The van der Waals surface area contributed by atoms with Crippen molar-refractivity contribution in [3.05, 3.63) is 83.7 Å². The van der Waals surface area contributed by atoms with Gasteiger partial charge in [-0.3, -0.25) is 34.0 Å². The van der Waals surface area contributed by atoms with E-state index in [0.717, 1.165) is 44.5 Å². The number of phenolic OH excluding ortho intramolecular Hbond substituents is 1. The van der Waals surface area contributed by atoms with Crippen LogP contribution < -0.4 is 10.7 Å². The number of aromatic nitrogens is 2. The average Bonchev–Trinajstić information content (AvgIpc) is 3.58. The largest absolute Gasteiger partial charge is 0.508 e. The zero-order valence-electron chi connectivity index (χ0n) is 41.0. The predicted octanol–water partition coefficient (Wildman–Crippen LogP) is 4.95. The number of likely N-dealkylation sites (N-methyl/N-ethyl adjacent to an activating group) is 2. The molecule has 0 radical (unpaired) electrons. The highest BCUT2D eigenvalue weighted by Crippen LogP contribution is 2.41. The fourth-order valence-corrected chi connectivity index (χ4v) is 9.81. The van der Waals surface area contributed by atoms with Crippen molar-refractivity contribution in [2.24, 2.45) is 17.3 Å². The van der Waals surface area contributed by atoms with Crippen molar-refractivity contribution < 1.29 is 38.6 Å². The van der Waals surface area contributed by atoms with E-state index in [4.69, 9.17) is 14.5 Å². The molecule has 68 heavy (non-hydrogen) atoms. The topological polar surface area (TPSA) is 179 Å². The molecular weight excluding hydrogens is 865 g/mol. The quantitative estimate of drug-likeness (QED) is 0.129. The summed E-state index contributed by atoms with van der Waals surface area (Å²) in [6.07, 6.45) is 6.54. The molecule has 2 aromatic carbocycles. The molecule has 3 aliphatic heterocycles. The maximum atomic E-state index is 14.7. The number of hydrazine groups is 1. The van der Waals surface area contributed by atoms with Crippen LogP contribution in [0.25, 0.3) is 33.3 Å². The zero-order chi connectivity index (χ0) is 49.0. The van der Waals surface area contributed by atoms with Gasteiger partial charge in [0.2, 0.25) is 17.7 Å². The number of pyridine rings is 1. The van der Waals surface area contributed by atoms with E-state index in [1.54, 1.807) is 43.5 Å². The lowest BCUT2D eigenvalue weighted by Gasteiger charge is -2.41. The van der Waals surface area contributed by atoms with Crippen molar-refractivity contribution in [2.75, 3.05) is 61.0 Å². The van der Waals surface area contributed by atoms with E-state index in [1.165, 1.54) is 16.0 Å². The van der Waals surface area contributed by atoms with Gasteiger partial charge in [0.25, 0.3) is 5.91 Å². The second kappa shape index (κ2) is 21.0. The molecule has 2 saturated heterocycles. The van der Waals surface area contributed by atoms with E-state index in [2.05, 4.69) is 54.3 Å². The van der Waals surface area contributed by atoms with Crippen LogP contribution in [-0.2, 0) is 59.4 Å². The number of rotatable bonds is 12. The van der Waals surface area contributed by atoms with Crippen LogP contribution in [0.3, 0.4) is 0 Å². The van der Waals surface area contributed by atoms with Crippen LogP contribution in [0.1, 0.15) is 64.3 Å². The number of esters is 1. The number of likely N-dealkylation sites (tertiary alicyclic amines) is 1. The van der Waals surface area contributed by atoms with Gasteiger partial charge in [-0.15, -0.1) is 0 Å². The Morgan fingerprint density at radius 3 is 2.54 bits per heavy atom. The van der Waals surface area contributed by atoms with Gasteiger partial charge in [-0.2, -0.15) is 0 Å². The normalized spacial score (nSPS) is 19.5. The number of aryl methyl sites for hydroxylation is 1. The minimum absolute atomic E-state index is 0.00982. The van der Waals surface area contributed by atoms with Gasteiger partial charge >= 0.3 is 5.97 Å². The predicted molar refractivity (Wildman–Crippen MR) is 260 cm³/mol. The minimum atomic E-state index is -1.16. The lowest BCUT2D eigenvalue weighted by atomic mass is 9.84. The summed E-state index contributed by atoms with van der Waals surface area (Å²) in [5.74, 6) is -2.76. The van der Waals surface area contributed by atoms with Crippen molar-refractivity contribution in [3.63, 3.8) is 0 Å². The van der Waals surface area contributed by atoms with Gasteiger partial charge in [0.05, 0.1) is 30.5 Å². The Balaban J connectivity index is 1.25. The Labute approximate surface area is 399 Å².